The van der Waals surface area contributed by atoms with Gasteiger partial charge in [0.25, 0.3) is 0 Å². The average molecular weight is 360 g/mol. The van der Waals surface area contributed by atoms with Gasteiger partial charge in [-0.3, -0.25) is 4.79 Å². The summed E-state index contributed by atoms with van der Waals surface area (Å²) in [4.78, 5) is 23.5. The minimum absolute atomic E-state index is 0.0411. The molecule has 0 fully saturated rings. The third-order valence-electron chi connectivity index (χ3n) is 3.55. The predicted octanol–water partition coefficient (Wildman–Crippen LogP) is 4.30. The van der Waals surface area contributed by atoms with Crippen LogP contribution in [-0.2, 0) is 11.2 Å². The Morgan fingerprint density at radius 2 is 1.48 bits per heavy atom. The molecule has 0 aliphatic heterocycles. The summed E-state index contributed by atoms with van der Waals surface area (Å²) in [6.45, 7) is 4.19. The van der Waals surface area contributed by atoms with Crippen LogP contribution in [0.2, 0.25) is 5.02 Å². The van der Waals surface area contributed by atoms with Gasteiger partial charge in [-0.1, -0.05) is 37.6 Å². The molecule has 0 aromatic heterocycles. The lowest BCUT2D eigenvalue weighted by molar-refractivity contribution is -0.118. The number of urea groups is 1. The van der Waals surface area contributed by atoms with Crippen LogP contribution in [0.15, 0.2) is 48.5 Å². The van der Waals surface area contributed by atoms with Crippen LogP contribution in [0.5, 0.6) is 0 Å². The van der Waals surface area contributed by atoms with Crippen molar-refractivity contribution >= 4 is 34.9 Å². The number of amides is 3. The maximum absolute atomic E-state index is 11.9. The number of halogens is 1. The molecule has 25 heavy (non-hydrogen) atoms. The van der Waals surface area contributed by atoms with Crippen molar-refractivity contribution in [1.82, 2.24) is 5.32 Å². The Morgan fingerprint density at radius 3 is 2.04 bits per heavy atom. The zero-order valence-corrected chi connectivity index (χ0v) is 15.1. The van der Waals surface area contributed by atoms with Gasteiger partial charge < -0.3 is 16.0 Å². The van der Waals surface area contributed by atoms with Gasteiger partial charge in [0, 0.05) is 28.9 Å². The Kier molecular flexibility index (Phi) is 6.83. The number of hydrogen-bond donors (Lipinski definition) is 3. The minimum atomic E-state index is -0.270. The number of benzene rings is 2. The summed E-state index contributed by atoms with van der Waals surface area (Å²) >= 11 is 5.84. The van der Waals surface area contributed by atoms with Crippen LogP contribution in [-0.4, -0.2) is 18.5 Å². The van der Waals surface area contributed by atoms with E-state index in [0.29, 0.717) is 22.9 Å². The fourth-order valence-corrected chi connectivity index (χ4v) is 2.20. The average Bonchev–Trinajstić information content (AvgIpc) is 2.58. The van der Waals surface area contributed by atoms with Gasteiger partial charge in [-0.15, -0.1) is 0 Å². The van der Waals surface area contributed by atoms with Crippen molar-refractivity contribution in [3.63, 3.8) is 0 Å². The van der Waals surface area contributed by atoms with Gasteiger partial charge in [-0.05, 0) is 48.4 Å². The first-order chi connectivity index (χ1) is 11.9. The summed E-state index contributed by atoms with van der Waals surface area (Å²) in [6.07, 6.45) is 0.727. The van der Waals surface area contributed by atoms with Crippen LogP contribution >= 0.6 is 11.6 Å². The molecule has 0 aliphatic rings. The van der Waals surface area contributed by atoms with E-state index in [1.165, 1.54) is 0 Å². The van der Waals surface area contributed by atoms with Crippen LogP contribution in [0.1, 0.15) is 19.4 Å². The summed E-state index contributed by atoms with van der Waals surface area (Å²) in [6, 6.07) is 14.3. The first-order valence-electron chi connectivity index (χ1n) is 8.14. The fourth-order valence-electron chi connectivity index (χ4n) is 2.07. The first-order valence-corrected chi connectivity index (χ1v) is 8.52. The molecule has 6 heteroatoms. The summed E-state index contributed by atoms with van der Waals surface area (Å²) in [7, 11) is 0. The van der Waals surface area contributed by atoms with Crippen LogP contribution in [0.25, 0.3) is 0 Å². The van der Waals surface area contributed by atoms with Crippen LogP contribution in [0, 0.1) is 5.92 Å². The molecular formula is C19H22ClN3O2. The second-order valence-electron chi connectivity index (χ2n) is 5.98. The lowest BCUT2D eigenvalue weighted by Crippen LogP contribution is -2.30. The van der Waals surface area contributed by atoms with E-state index in [4.69, 9.17) is 11.6 Å². The maximum Gasteiger partial charge on any atom is 0.319 e. The van der Waals surface area contributed by atoms with Gasteiger partial charge >= 0.3 is 6.03 Å². The lowest BCUT2D eigenvalue weighted by atomic mass is 10.1. The Labute approximate surface area is 152 Å². The van der Waals surface area contributed by atoms with Gasteiger partial charge in [0.15, 0.2) is 0 Å². The number of carbonyl (C=O) groups is 2. The molecule has 0 unspecified atom stereocenters. The van der Waals surface area contributed by atoms with E-state index in [9.17, 15) is 9.59 Å². The molecule has 3 N–H and O–H groups in total. The van der Waals surface area contributed by atoms with E-state index >= 15 is 0 Å². The lowest BCUT2D eigenvalue weighted by Gasteiger charge is -2.10. The fraction of sp³-hybridized carbons (Fsp3) is 0.263. The zero-order valence-electron chi connectivity index (χ0n) is 14.3. The molecule has 0 atom stereocenters. The van der Waals surface area contributed by atoms with Gasteiger partial charge in [-0.2, -0.15) is 0 Å². The summed E-state index contributed by atoms with van der Waals surface area (Å²) in [5.41, 5.74) is 2.47. The molecule has 0 aliphatic carbocycles. The number of carbonyl (C=O) groups excluding carboxylic acids is 2. The van der Waals surface area contributed by atoms with Crippen molar-refractivity contribution in [3.05, 3.63) is 59.1 Å². The standard InChI is InChI=1S/C19H22ClN3O2/c1-13(2)18(24)22-16-7-9-17(10-8-16)23-19(25)21-12-11-14-3-5-15(20)6-4-14/h3-10,13H,11-12H2,1-2H3,(H,22,24)(H2,21,23,25). The minimum Gasteiger partial charge on any atom is -0.338 e. The molecule has 2 rings (SSSR count). The number of anilines is 2. The van der Waals surface area contributed by atoms with Crippen LogP contribution in [0.4, 0.5) is 16.2 Å². The van der Waals surface area contributed by atoms with Gasteiger partial charge in [0.1, 0.15) is 0 Å². The van der Waals surface area contributed by atoms with Gasteiger partial charge in [-0.25, -0.2) is 4.79 Å². The van der Waals surface area contributed by atoms with Gasteiger partial charge in [0.2, 0.25) is 5.91 Å². The van der Waals surface area contributed by atoms with Crippen LogP contribution < -0.4 is 16.0 Å². The Morgan fingerprint density at radius 1 is 0.920 bits per heavy atom. The molecule has 132 valence electrons. The summed E-state index contributed by atoms with van der Waals surface area (Å²) in [5, 5.41) is 9.06. The topological polar surface area (TPSA) is 70.2 Å². The van der Waals surface area contributed by atoms with E-state index in [1.54, 1.807) is 24.3 Å². The molecule has 3 amide bonds. The molecule has 0 spiro atoms. The van der Waals surface area contributed by atoms with Crippen molar-refractivity contribution in [2.75, 3.05) is 17.2 Å². The number of nitrogens with one attached hydrogen (secondary N) is 3. The molecule has 2 aromatic rings. The molecule has 0 heterocycles. The van der Waals surface area contributed by atoms with Crippen molar-refractivity contribution in [1.29, 1.82) is 0 Å². The summed E-state index contributed by atoms with van der Waals surface area (Å²) in [5.74, 6) is -0.120. The third-order valence-corrected chi connectivity index (χ3v) is 3.80. The normalized spacial score (nSPS) is 10.4. The number of hydrogen-bond acceptors (Lipinski definition) is 2. The highest BCUT2D eigenvalue weighted by molar-refractivity contribution is 6.30. The zero-order chi connectivity index (χ0) is 18.2. The third kappa shape index (κ3) is 6.47. The molecule has 0 saturated heterocycles. The second kappa shape index (κ2) is 9.08. The maximum atomic E-state index is 11.9. The van der Waals surface area contributed by atoms with E-state index in [-0.39, 0.29) is 17.9 Å². The Balaban J connectivity index is 1.76. The quantitative estimate of drug-likeness (QED) is 0.719. The van der Waals surface area contributed by atoms with Crippen molar-refractivity contribution in [2.24, 2.45) is 5.92 Å². The second-order valence-corrected chi connectivity index (χ2v) is 6.42. The van der Waals surface area contributed by atoms with Crippen molar-refractivity contribution < 1.29 is 9.59 Å². The highest BCUT2D eigenvalue weighted by Crippen LogP contribution is 2.14. The Hall–Kier alpha value is -2.53. The first kappa shape index (κ1) is 18.8. The van der Waals surface area contributed by atoms with E-state index in [0.717, 1.165) is 12.0 Å². The number of rotatable bonds is 6. The van der Waals surface area contributed by atoms with Crippen molar-refractivity contribution in [2.45, 2.75) is 20.3 Å². The molecule has 0 radical (unpaired) electrons. The SMILES string of the molecule is CC(C)C(=O)Nc1ccc(NC(=O)NCCc2ccc(Cl)cc2)cc1. The summed E-state index contributed by atoms with van der Waals surface area (Å²) < 4.78 is 0. The van der Waals surface area contributed by atoms with Crippen molar-refractivity contribution in [3.8, 4) is 0 Å². The molecule has 5 nitrogen and oxygen atoms in total. The largest absolute Gasteiger partial charge is 0.338 e. The van der Waals surface area contributed by atoms with Crippen LogP contribution in [0.3, 0.4) is 0 Å². The van der Waals surface area contributed by atoms with E-state index < -0.39 is 0 Å². The monoisotopic (exact) mass is 359 g/mol. The van der Waals surface area contributed by atoms with E-state index in [2.05, 4.69) is 16.0 Å². The molecule has 0 bridgehead atoms. The molecule has 0 saturated carbocycles. The smallest absolute Gasteiger partial charge is 0.319 e. The van der Waals surface area contributed by atoms with Gasteiger partial charge in [0.05, 0.1) is 0 Å². The Bertz CT molecular complexity index is 712. The van der Waals surface area contributed by atoms with E-state index in [1.807, 2.05) is 38.1 Å². The highest BCUT2D eigenvalue weighted by atomic mass is 35.5. The molecular weight excluding hydrogens is 338 g/mol. The molecule has 2 aromatic carbocycles. The predicted molar refractivity (Wildman–Crippen MR) is 102 cm³/mol. The highest BCUT2D eigenvalue weighted by Gasteiger charge is 2.07.